The highest BCUT2D eigenvalue weighted by Gasteiger charge is 2.14. The third kappa shape index (κ3) is 3.48. The summed E-state index contributed by atoms with van der Waals surface area (Å²) in [7, 11) is 1.63. The van der Waals surface area contributed by atoms with E-state index in [0.717, 1.165) is 16.9 Å². The van der Waals surface area contributed by atoms with E-state index in [2.05, 4.69) is 37.4 Å². The van der Waals surface area contributed by atoms with E-state index in [1.54, 1.807) is 13.2 Å². The number of ether oxygens (including phenoxy) is 1. The third-order valence-corrected chi connectivity index (χ3v) is 3.91. The molecule has 2 aromatic carbocycles. The minimum absolute atomic E-state index is 0.0326. The second-order valence-corrected chi connectivity index (χ2v) is 5.74. The Kier molecular flexibility index (Phi) is 4.86. The van der Waals surface area contributed by atoms with Crippen LogP contribution >= 0.6 is 0 Å². The van der Waals surface area contributed by atoms with Gasteiger partial charge in [-0.05, 0) is 62.6 Å². The normalized spacial score (nSPS) is 11.9. The number of nitrogens with one attached hydrogen (secondary N) is 1. The predicted molar refractivity (Wildman–Crippen MR) is 89.5 cm³/mol. The topological polar surface area (TPSA) is 38.3 Å². The number of rotatable bonds is 4. The van der Waals surface area contributed by atoms with Gasteiger partial charge in [-0.3, -0.25) is 4.79 Å². The van der Waals surface area contributed by atoms with Crippen molar-refractivity contribution in [2.24, 2.45) is 0 Å². The summed E-state index contributed by atoms with van der Waals surface area (Å²) in [5, 5.41) is 3.07. The maximum absolute atomic E-state index is 12.4. The Bertz CT molecular complexity index is 692. The molecule has 1 atom stereocenters. The molecule has 2 aromatic rings. The average Bonchev–Trinajstić information content (AvgIpc) is 2.49. The highest BCUT2D eigenvalue weighted by atomic mass is 16.5. The molecule has 1 N–H and O–H groups in total. The number of benzene rings is 2. The summed E-state index contributed by atoms with van der Waals surface area (Å²) < 4.78 is 5.23. The Morgan fingerprint density at radius 1 is 1.05 bits per heavy atom. The van der Waals surface area contributed by atoms with Gasteiger partial charge in [0.25, 0.3) is 5.91 Å². The van der Waals surface area contributed by atoms with E-state index in [4.69, 9.17) is 4.74 Å². The van der Waals surface area contributed by atoms with Crippen LogP contribution < -0.4 is 10.1 Å². The molecule has 0 heterocycles. The van der Waals surface area contributed by atoms with Gasteiger partial charge in [-0.2, -0.15) is 0 Å². The molecule has 22 heavy (non-hydrogen) atoms. The van der Waals surface area contributed by atoms with Gasteiger partial charge in [0.2, 0.25) is 0 Å². The second kappa shape index (κ2) is 6.65. The second-order valence-electron chi connectivity index (χ2n) is 5.74. The van der Waals surface area contributed by atoms with E-state index in [1.807, 2.05) is 26.0 Å². The van der Waals surface area contributed by atoms with Gasteiger partial charge in [0, 0.05) is 5.56 Å². The number of hydrogen-bond acceptors (Lipinski definition) is 2. The van der Waals surface area contributed by atoms with Crippen LogP contribution in [-0.4, -0.2) is 13.0 Å². The molecule has 0 radical (unpaired) electrons. The highest BCUT2D eigenvalue weighted by molar-refractivity contribution is 5.94. The summed E-state index contributed by atoms with van der Waals surface area (Å²) in [5.41, 5.74) is 5.13. The van der Waals surface area contributed by atoms with E-state index in [-0.39, 0.29) is 11.9 Å². The lowest BCUT2D eigenvalue weighted by molar-refractivity contribution is 0.0939. The molecule has 0 unspecified atom stereocenters. The standard InChI is InChI=1S/C19H23NO2/c1-12-6-7-13(2)17(10-12)15(4)20-19(21)16-8-9-18(22-5)14(3)11-16/h6-11,15H,1-5H3,(H,20,21)/t15-/m0/s1. The lowest BCUT2D eigenvalue weighted by Gasteiger charge is -2.18. The van der Waals surface area contributed by atoms with E-state index in [9.17, 15) is 4.79 Å². The van der Waals surface area contributed by atoms with Crippen LogP contribution in [0.3, 0.4) is 0 Å². The molecule has 0 aromatic heterocycles. The van der Waals surface area contributed by atoms with Crippen molar-refractivity contribution in [3.05, 3.63) is 64.2 Å². The fourth-order valence-corrected chi connectivity index (χ4v) is 2.60. The van der Waals surface area contributed by atoms with Gasteiger partial charge < -0.3 is 10.1 Å². The van der Waals surface area contributed by atoms with Crippen molar-refractivity contribution in [1.82, 2.24) is 5.32 Å². The Morgan fingerprint density at radius 3 is 2.41 bits per heavy atom. The molecule has 0 spiro atoms. The Morgan fingerprint density at radius 2 is 1.77 bits per heavy atom. The summed E-state index contributed by atoms with van der Waals surface area (Å²) >= 11 is 0. The third-order valence-electron chi connectivity index (χ3n) is 3.91. The summed E-state index contributed by atoms with van der Waals surface area (Å²) in [6, 6.07) is 11.7. The fraction of sp³-hybridized carbons (Fsp3) is 0.316. The smallest absolute Gasteiger partial charge is 0.251 e. The lowest BCUT2D eigenvalue weighted by atomic mass is 9.99. The summed E-state index contributed by atoms with van der Waals surface area (Å²) in [6.07, 6.45) is 0. The molecule has 3 heteroatoms. The van der Waals surface area contributed by atoms with Crippen LogP contribution in [0, 0.1) is 20.8 Å². The van der Waals surface area contributed by atoms with Crippen molar-refractivity contribution in [3.8, 4) is 5.75 Å². The van der Waals surface area contributed by atoms with E-state index in [0.29, 0.717) is 5.56 Å². The van der Waals surface area contributed by atoms with Crippen LogP contribution in [-0.2, 0) is 0 Å². The van der Waals surface area contributed by atoms with Crippen LogP contribution in [0.25, 0.3) is 0 Å². The van der Waals surface area contributed by atoms with E-state index in [1.165, 1.54) is 11.1 Å². The molecule has 2 rings (SSSR count). The van der Waals surface area contributed by atoms with Gasteiger partial charge >= 0.3 is 0 Å². The van der Waals surface area contributed by atoms with Crippen LogP contribution in [0.5, 0.6) is 5.75 Å². The number of carbonyl (C=O) groups is 1. The molecule has 0 fully saturated rings. The van der Waals surface area contributed by atoms with Crippen LogP contribution in [0.1, 0.15) is 45.6 Å². The number of carbonyl (C=O) groups excluding carboxylic acids is 1. The Balaban J connectivity index is 2.17. The van der Waals surface area contributed by atoms with Crippen molar-refractivity contribution in [1.29, 1.82) is 0 Å². The van der Waals surface area contributed by atoms with Gasteiger partial charge in [0.05, 0.1) is 13.2 Å². The minimum Gasteiger partial charge on any atom is -0.496 e. The number of methoxy groups -OCH3 is 1. The van der Waals surface area contributed by atoms with Gasteiger partial charge in [-0.15, -0.1) is 0 Å². The number of aryl methyl sites for hydroxylation is 3. The highest BCUT2D eigenvalue weighted by Crippen LogP contribution is 2.21. The zero-order valence-electron chi connectivity index (χ0n) is 13.9. The maximum Gasteiger partial charge on any atom is 0.251 e. The van der Waals surface area contributed by atoms with Crippen molar-refractivity contribution in [2.75, 3.05) is 7.11 Å². The molecular formula is C19H23NO2. The molecule has 116 valence electrons. The Hall–Kier alpha value is -2.29. The van der Waals surface area contributed by atoms with Crippen molar-refractivity contribution >= 4 is 5.91 Å². The summed E-state index contributed by atoms with van der Waals surface area (Å²) in [5.74, 6) is 0.721. The molecule has 1 amide bonds. The van der Waals surface area contributed by atoms with Gasteiger partial charge in [-0.1, -0.05) is 23.8 Å². The SMILES string of the molecule is COc1ccc(C(=O)N[C@@H](C)c2cc(C)ccc2C)cc1C. The van der Waals surface area contributed by atoms with Crippen molar-refractivity contribution in [3.63, 3.8) is 0 Å². The average molecular weight is 297 g/mol. The fourth-order valence-electron chi connectivity index (χ4n) is 2.60. The van der Waals surface area contributed by atoms with E-state index < -0.39 is 0 Å². The molecular weight excluding hydrogens is 274 g/mol. The largest absolute Gasteiger partial charge is 0.496 e. The first kappa shape index (κ1) is 16.1. The van der Waals surface area contributed by atoms with Gasteiger partial charge in [0.15, 0.2) is 0 Å². The zero-order valence-corrected chi connectivity index (χ0v) is 13.9. The van der Waals surface area contributed by atoms with Gasteiger partial charge in [0.1, 0.15) is 5.75 Å². The summed E-state index contributed by atoms with van der Waals surface area (Å²) in [6.45, 7) is 8.07. The maximum atomic E-state index is 12.4. The molecule has 0 saturated carbocycles. The number of amides is 1. The number of hydrogen-bond donors (Lipinski definition) is 1. The monoisotopic (exact) mass is 297 g/mol. The minimum atomic E-state index is -0.0702. The molecule has 0 aliphatic carbocycles. The first-order valence-electron chi connectivity index (χ1n) is 7.45. The molecule has 0 aliphatic heterocycles. The Labute approximate surface area is 132 Å². The molecule has 3 nitrogen and oxygen atoms in total. The molecule has 0 bridgehead atoms. The summed E-state index contributed by atoms with van der Waals surface area (Å²) in [4.78, 5) is 12.4. The van der Waals surface area contributed by atoms with Crippen LogP contribution in [0.15, 0.2) is 36.4 Å². The van der Waals surface area contributed by atoms with Crippen LogP contribution in [0.4, 0.5) is 0 Å². The van der Waals surface area contributed by atoms with Crippen molar-refractivity contribution in [2.45, 2.75) is 33.7 Å². The first-order chi connectivity index (χ1) is 10.4. The van der Waals surface area contributed by atoms with Crippen molar-refractivity contribution < 1.29 is 9.53 Å². The molecule has 0 saturated heterocycles. The quantitative estimate of drug-likeness (QED) is 0.922. The lowest BCUT2D eigenvalue weighted by Crippen LogP contribution is -2.27. The predicted octanol–water partition coefficient (Wildman–Crippen LogP) is 4.11. The molecule has 0 aliphatic rings. The van der Waals surface area contributed by atoms with Crippen LogP contribution in [0.2, 0.25) is 0 Å². The zero-order chi connectivity index (χ0) is 16.3. The van der Waals surface area contributed by atoms with Gasteiger partial charge in [-0.25, -0.2) is 0 Å². The van der Waals surface area contributed by atoms with E-state index >= 15 is 0 Å². The first-order valence-corrected chi connectivity index (χ1v) is 7.45.